The average molecular weight is 383 g/mol. The fourth-order valence-corrected chi connectivity index (χ4v) is 4.57. The molecule has 2 aliphatic heterocycles. The first-order chi connectivity index (χ1) is 12.4. The normalized spacial score (nSPS) is 20.3. The number of para-hydroxylation sites is 1. The van der Waals surface area contributed by atoms with Gasteiger partial charge in [0.1, 0.15) is 10.6 Å². The predicted octanol–water partition coefficient (Wildman–Crippen LogP) is 1.55. The first-order valence-corrected chi connectivity index (χ1v) is 10.8. The lowest BCUT2D eigenvalue weighted by molar-refractivity contribution is -0.387. The molecule has 144 valence electrons. The van der Waals surface area contributed by atoms with Crippen molar-refractivity contribution < 1.29 is 18.1 Å². The van der Waals surface area contributed by atoms with Gasteiger partial charge in [0.05, 0.1) is 4.92 Å². The zero-order valence-corrected chi connectivity index (χ0v) is 15.8. The van der Waals surface area contributed by atoms with Crippen LogP contribution in [0.5, 0.6) is 0 Å². The number of hydrogen-bond donors (Lipinski definition) is 0. The highest BCUT2D eigenvalue weighted by Gasteiger charge is 2.30. The Morgan fingerprint density at radius 2 is 1.85 bits per heavy atom. The zero-order chi connectivity index (χ0) is 18.7. The van der Waals surface area contributed by atoms with Crippen molar-refractivity contribution >= 4 is 21.2 Å². The van der Waals surface area contributed by atoms with Crippen LogP contribution >= 0.6 is 0 Å². The highest BCUT2D eigenvalue weighted by Crippen LogP contribution is 2.35. The van der Waals surface area contributed by atoms with E-state index in [-0.39, 0.29) is 10.6 Å². The molecule has 0 atom stereocenters. The number of nitro groups is 1. The third-order valence-electron chi connectivity index (χ3n) is 5.13. The van der Waals surface area contributed by atoms with Gasteiger partial charge in [0.15, 0.2) is 9.84 Å². The second kappa shape index (κ2) is 7.89. The number of anilines is 1. The predicted molar refractivity (Wildman–Crippen MR) is 98.4 cm³/mol. The number of hydrogen-bond acceptors (Lipinski definition) is 7. The van der Waals surface area contributed by atoms with Gasteiger partial charge in [-0.1, -0.05) is 6.07 Å². The maximum Gasteiger partial charge on any atom is 0.311 e. The largest absolute Gasteiger partial charge is 0.381 e. The molecule has 1 aromatic carbocycles. The Balaban J connectivity index is 1.72. The van der Waals surface area contributed by atoms with Crippen LogP contribution in [0.15, 0.2) is 23.1 Å². The molecule has 0 bridgehead atoms. The van der Waals surface area contributed by atoms with E-state index in [2.05, 4.69) is 4.90 Å². The molecule has 0 spiro atoms. The van der Waals surface area contributed by atoms with Gasteiger partial charge in [-0.25, -0.2) is 8.42 Å². The summed E-state index contributed by atoms with van der Waals surface area (Å²) in [6, 6.07) is 4.52. The Bertz CT molecular complexity index is 754. The van der Waals surface area contributed by atoms with Gasteiger partial charge in [0, 0.05) is 52.2 Å². The molecule has 0 unspecified atom stereocenters. The number of benzene rings is 1. The Kier molecular flexibility index (Phi) is 5.79. The van der Waals surface area contributed by atoms with E-state index in [4.69, 9.17) is 4.74 Å². The van der Waals surface area contributed by atoms with Crippen LogP contribution in [-0.4, -0.2) is 70.4 Å². The van der Waals surface area contributed by atoms with Crippen LogP contribution in [0.1, 0.15) is 12.8 Å². The van der Waals surface area contributed by atoms with Gasteiger partial charge >= 0.3 is 5.69 Å². The topological polar surface area (TPSA) is 93.0 Å². The Morgan fingerprint density at radius 3 is 2.42 bits per heavy atom. The van der Waals surface area contributed by atoms with Gasteiger partial charge in [-0.05, 0) is 30.9 Å². The van der Waals surface area contributed by atoms with Gasteiger partial charge in [-0.2, -0.15) is 0 Å². The molecule has 2 aliphatic rings. The summed E-state index contributed by atoms with van der Waals surface area (Å²) in [6.45, 7) is 5.62. The maximum atomic E-state index is 11.9. The molecule has 0 radical (unpaired) electrons. The summed E-state index contributed by atoms with van der Waals surface area (Å²) in [6.07, 6.45) is 3.18. The van der Waals surface area contributed by atoms with Gasteiger partial charge < -0.3 is 9.64 Å². The molecule has 2 fully saturated rings. The molecule has 2 heterocycles. The van der Waals surface area contributed by atoms with Crippen LogP contribution < -0.4 is 4.90 Å². The molecule has 9 heteroatoms. The van der Waals surface area contributed by atoms with Crippen LogP contribution in [0.25, 0.3) is 0 Å². The molecule has 1 aromatic rings. The van der Waals surface area contributed by atoms with Crippen molar-refractivity contribution in [3.8, 4) is 0 Å². The minimum atomic E-state index is -3.66. The van der Waals surface area contributed by atoms with Crippen LogP contribution in [0, 0.1) is 16.0 Å². The van der Waals surface area contributed by atoms with E-state index in [0.717, 1.165) is 51.9 Å². The SMILES string of the molecule is CS(=O)(=O)c1cccc(N2CCN(CC3CCOCC3)CC2)c1[N+](=O)[O-]. The summed E-state index contributed by atoms with van der Waals surface area (Å²) < 4.78 is 29.2. The number of nitrogens with zero attached hydrogens (tertiary/aromatic N) is 3. The second-order valence-electron chi connectivity index (χ2n) is 7.00. The Labute approximate surface area is 153 Å². The van der Waals surface area contributed by atoms with E-state index in [0.29, 0.717) is 24.7 Å². The molecule has 0 saturated carbocycles. The molecule has 2 saturated heterocycles. The summed E-state index contributed by atoms with van der Waals surface area (Å²) in [4.78, 5) is 15.1. The number of ether oxygens (including phenoxy) is 1. The van der Waals surface area contributed by atoms with E-state index < -0.39 is 14.8 Å². The highest BCUT2D eigenvalue weighted by atomic mass is 32.2. The van der Waals surface area contributed by atoms with E-state index in [1.165, 1.54) is 6.07 Å². The lowest BCUT2D eigenvalue weighted by Crippen LogP contribution is -2.48. The zero-order valence-electron chi connectivity index (χ0n) is 15.0. The van der Waals surface area contributed by atoms with Crippen LogP contribution in [0.4, 0.5) is 11.4 Å². The monoisotopic (exact) mass is 383 g/mol. The molecular weight excluding hydrogens is 358 g/mol. The molecule has 8 nitrogen and oxygen atoms in total. The summed E-state index contributed by atoms with van der Waals surface area (Å²) in [5, 5.41) is 11.6. The summed E-state index contributed by atoms with van der Waals surface area (Å²) in [7, 11) is -3.66. The smallest absolute Gasteiger partial charge is 0.311 e. The van der Waals surface area contributed by atoms with Gasteiger partial charge in [-0.3, -0.25) is 15.0 Å². The summed E-state index contributed by atoms with van der Waals surface area (Å²) in [5.41, 5.74) is 0.0801. The molecular formula is C17H25N3O5S. The number of piperazine rings is 1. The van der Waals surface area contributed by atoms with Crippen molar-refractivity contribution in [1.82, 2.24) is 4.90 Å². The third-order valence-corrected chi connectivity index (χ3v) is 6.26. The summed E-state index contributed by atoms with van der Waals surface area (Å²) in [5.74, 6) is 0.651. The van der Waals surface area contributed by atoms with Crippen molar-refractivity contribution in [2.75, 3.05) is 57.1 Å². The quantitative estimate of drug-likeness (QED) is 0.562. The van der Waals surface area contributed by atoms with Crippen molar-refractivity contribution in [2.45, 2.75) is 17.7 Å². The van der Waals surface area contributed by atoms with E-state index >= 15 is 0 Å². The molecule has 0 N–H and O–H groups in total. The van der Waals surface area contributed by atoms with Crippen molar-refractivity contribution in [3.05, 3.63) is 28.3 Å². The first-order valence-electron chi connectivity index (χ1n) is 8.89. The van der Waals surface area contributed by atoms with Crippen LogP contribution in [0.3, 0.4) is 0 Å². The molecule has 26 heavy (non-hydrogen) atoms. The van der Waals surface area contributed by atoms with Crippen molar-refractivity contribution in [3.63, 3.8) is 0 Å². The van der Waals surface area contributed by atoms with E-state index in [1.54, 1.807) is 12.1 Å². The standard InChI is InChI=1S/C17H25N3O5S/c1-26(23,24)16-4-2-3-15(17(16)20(21)22)19-9-7-18(8-10-19)13-14-5-11-25-12-6-14/h2-4,14H,5-13H2,1H3. The number of sulfone groups is 1. The lowest BCUT2D eigenvalue weighted by Gasteiger charge is -2.38. The maximum absolute atomic E-state index is 11.9. The van der Waals surface area contributed by atoms with Gasteiger partial charge in [0.2, 0.25) is 0 Å². The summed E-state index contributed by atoms with van der Waals surface area (Å²) >= 11 is 0. The molecule has 0 aliphatic carbocycles. The van der Waals surface area contributed by atoms with E-state index in [1.807, 2.05) is 4.90 Å². The van der Waals surface area contributed by atoms with E-state index in [9.17, 15) is 18.5 Å². The van der Waals surface area contributed by atoms with Crippen molar-refractivity contribution in [1.29, 1.82) is 0 Å². The highest BCUT2D eigenvalue weighted by molar-refractivity contribution is 7.90. The molecule has 3 rings (SSSR count). The Hall–Kier alpha value is -1.71. The average Bonchev–Trinajstić information content (AvgIpc) is 2.62. The minimum absolute atomic E-state index is 0.218. The van der Waals surface area contributed by atoms with Crippen molar-refractivity contribution in [2.24, 2.45) is 5.92 Å². The number of rotatable bonds is 5. The lowest BCUT2D eigenvalue weighted by atomic mass is 9.99. The minimum Gasteiger partial charge on any atom is -0.381 e. The van der Waals surface area contributed by atoms with Gasteiger partial charge in [-0.15, -0.1) is 0 Å². The van der Waals surface area contributed by atoms with Gasteiger partial charge in [0.25, 0.3) is 0 Å². The number of nitro benzene ring substituents is 1. The van der Waals surface area contributed by atoms with Crippen LogP contribution in [-0.2, 0) is 14.6 Å². The second-order valence-corrected chi connectivity index (χ2v) is 8.98. The Morgan fingerprint density at radius 1 is 1.19 bits per heavy atom. The first kappa shape index (κ1) is 19.1. The van der Waals surface area contributed by atoms with Crippen LogP contribution in [0.2, 0.25) is 0 Å². The molecule has 0 amide bonds. The fraction of sp³-hybridized carbons (Fsp3) is 0.647. The molecule has 0 aromatic heterocycles. The third kappa shape index (κ3) is 4.33. The fourth-order valence-electron chi connectivity index (χ4n) is 3.71.